The highest BCUT2D eigenvalue weighted by Crippen LogP contribution is 2.26. The lowest BCUT2D eigenvalue weighted by Gasteiger charge is -2.41. The molecule has 0 radical (unpaired) electrons. The number of unbranched alkanes of at least 4 members (excludes halogenated alkanes) is 30. The number of hydrogen-bond acceptors (Lipinski definition) is 11. The van der Waals surface area contributed by atoms with Crippen LogP contribution in [0.2, 0.25) is 0 Å². The molecule has 1 amide bonds. The molecule has 8 unspecified atom stereocenters. The maximum atomic E-state index is 13.1. The van der Waals surface area contributed by atoms with Crippen LogP contribution in [0.1, 0.15) is 232 Å². The summed E-state index contributed by atoms with van der Waals surface area (Å²) in [5.41, 5.74) is 0. The number of ether oxygens (including phenoxy) is 2. The number of aliphatic hydroxyl groups excluding tert-OH is 5. The highest BCUT2D eigenvalue weighted by Gasteiger charge is 2.48. The molecule has 0 aromatic heterocycles. The second-order valence-corrected chi connectivity index (χ2v) is 19.7. The molecular weight excluding hydrogens is 851 g/mol. The molecule has 0 saturated carbocycles. The van der Waals surface area contributed by atoms with Crippen molar-refractivity contribution < 1.29 is 57.0 Å². The number of nitrogens with one attached hydrogen (secondary N) is 1. The summed E-state index contributed by atoms with van der Waals surface area (Å²) < 4.78 is 47.6. The van der Waals surface area contributed by atoms with Gasteiger partial charge >= 0.3 is 10.4 Å². The number of rotatable bonds is 45. The number of allylic oxidation sites excluding steroid dienone is 3. The van der Waals surface area contributed by atoms with Crippen molar-refractivity contribution in [1.29, 1.82) is 0 Å². The molecule has 7 N–H and O–H groups in total. The summed E-state index contributed by atoms with van der Waals surface area (Å²) >= 11 is 0. The number of hydrogen-bond donors (Lipinski definition) is 7. The van der Waals surface area contributed by atoms with Crippen molar-refractivity contribution in [1.82, 2.24) is 5.32 Å². The molecule has 0 aliphatic carbocycles. The Kier molecular flexibility index (Phi) is 39.3. The van der Waals surface area contributed by atoms with Crippen molar-refractivity contribution in [2.24, 2.45) is 0 Å². The average Bonchev–Trinajstić information content (AvgIpc) is 3.28. The van der Waals surface area contributed by atoms with E-state index in [2.05, 4.69) is 35.5 Å². The molecule has 8 atom stereocenters. The molecule has 0 aromatic rings. The van der Waals surface area contributed by atoms with E-state index in [-0.39, 0.29) is 6.42 Å². The maximum absolute atomic E-state index is 13.1. The fraction of sp³-hybridized carbons (Fsp3) is 0.902. The number of carbonyl (C=O) groups is 1. The fourth-order valence-electron chi connectivity index (χ4n) is 8.42. The van der Waals surface area contributed by atoms with E-state index in [1.54, 1.807) is 6.08 Å². The molecular formula is C51H97NO12S. The third kappa shape index (κ3) is 33.6. The van der Waals surface area contributed by atoms with Crippen LogP contribution in [0.4, 0.5) is 0 Å². The van der Waals surface area contributed by atoms with Crippen LogP contribution in [-0.4, -0.2) is 107 Å². The van der Waals surface area contributed by atoms with Gasteiger partial charge in [0.2, 0.25) is 5.91 Å². The molecule has 1 fully saturated rings. The Hall–Kier alpha value is -1.46. The summed E-state index contributed by atoms with van der Waals surface area (Å²) in [6, 6.07) is -1.13. The minimum atomic E-state index is -5.12. The highest BCUT2D eigenvalue weighted by molar-refractivity contribution is 7.80. The molecule has 384 valence electrons. The summed E-state index contributed by atoms with van der Waals surface area (Å²) in [5.74, 6) is -0.709. The van der Waals surface area contributed by atoms with E-state index in [0.29, 0.717) is 12.8 Å². The largest absolute Gasteiger partial charge is 0.397 e. The zero-order valence-corrected chi connectivity index (χ0v) is 41.7. The summed E-state index contributed by atoms with van der Waals surface area (Å²) in [6.07, 6.45) is 36.9. The lowest BCUT2D eigenvalue weighted by atomic mass is 9.99. The zero-order valence-electron chi connectivity index (χ0n) is 40.9. The number of carbonyl (C=O) groups excluding carboxylic acids is 1. The van der Waals surface area contributed by atoms with E-state index >= 15 is 0 Å². The van der Waals surface area contributed by atoms with Crippen LogP contribution in [0.5, 0.6) is 0 Å². The van der Waals surface area contributed by atoms with Gasteiger partial charge in [-0.1, -0.05) is 224 Å². The second kappa shape index (κ2) is 41.5. The van der Waals surface area contributed by atoms with Crippen molar-refractivity contribution in [3.8, 4) is 0 Å². The van der Waals surface area contributed by atoms with Crippen molar-refractivity contribution in [2.75, 3.05) is 13.2 Å². The Morgan fingerprint density at radius 3 is 1.48 bits per heavy atom. The van der Waals surface area contributed by atoms with E-state index in [0.717, 1.165) is 38.5 Å². The predicted molar refractivity (Wildman–Crippen MR) is 261 cm³/mol. The number of amides is 1. The summed E-state index contributed by atoms with van der Waals surface area (Å²) in [6.45, 7) is 3.23. The molecule has 0 bridgehead atoms. The monoisotopic (exact) mass is 948 g/mol. The molecule has 1 saturated heterocycles. The van der Waals surface area contributed by atoms with Gasteiger partial charge in [-0.05, 0) is 32.1 Å². The topological polar surface area (TPSA) is 212 Å². The molecule has 1 aliphatic rings. The van der Waals surface area contributed by atoms with Crippen LogP contribution in [0.15, 0.2) is 24.3 Å². The predicted octanol–water partition coefficient (Wildman–Crippen LogP) is 10.3. The van der Waals surface area contributed by atoms with E-state index in [4.69, 9.17) is 9.47 Å². The average molecular weight is 948 g/mol. The first-order valence-corrected chi connectivity index (χ1v) is 27.7. The Morgan fingerprint density at radius 2 is 1.03 bits per heavy atom. The Balaban J connectivity index is 2.52. The first-order chi connectivity index (χ1) is 31.4. The highest BCUT2D eigenvalue weighted by atomic mass is 32.3. The first kappa shape index (κ1) is 61.6. The molecule has 0 spiro atoms. The van der Waals surface area contributed by atoms with Crippen LogP contribution in [-0.2, 0) is 28.9 Å². The van der Waals surface area contributed by atoms with Gasteiger partial charge in [0.1, 0.15) is 30.5 Å². The standard InChI is InChI=1S/C51H97NO12S/c1-3-5-7-9-11-13-15-17-19-20-21-22-23-24-26-27-29-31-33-35-37-39-44(54)43(42-62-51-48(57)49(64-65(59,60)61)47(56)46(41-53)63-51)52-50(58)45(55)40-38-36-34-32-30-28-25-18-16-14-12-10-8-6-4-2/h29,31,37,39,43-49,51,53-57H,3-28,30,32-36,38,40-42H2,1-2H3,(H,52,58)(H,59,60,61)/b31-29+,39-37+. The van der Waals surface area contributed by atoms with Crippen LogP contribution < -0.4 is 5.32 Å². The molecule has 0 aromatic carbocycles. The quantitative estimate of drug-likeness (QED) is 0.0173. The minimum absolute atomic E-state index is 0.241. The molecule has 1 aliphatic heterocycles. The lowest BCUT2D eigenvalue weighted by Crippen LogP contribution is -2.61. The summed E-state index contributed by atoms with van der Waals surface area (Å²) in [5, 5.41) is 55.4. The van der Waals surface area contributed by atoms with E-state index < -0.39 is 78.5 Å². The second-order valence-electron chi connectivity index (χ2n) is 18.6. The molecule has 1 heterocycles. The summed E-state index contributed by atoms with van der Waals surface area (Å²) in [7, 11) is -5.12. The smallest absolute Gasteiger partial charge is 0.394 e. The van der Waals surface area contributed by atoms with E-state index in [9.17, 15) is 43.3 Å². The summed E-state index contributed by atoms with van der Waals surface area (Å²) in [4.78, 5) is 13.1. The lowest BCUT2D eigenvalue weighted by molar-refractivity contribution is -0.298. The van der Waals surface area contributed by atoms with Gasteiger partial charge in [-0.3, -0.25) is 9.35 Å². The van der Waals surface area contributed by atoms with Crippen molar-refractivity contribution in [3.05, 3.63) is 24.3 Å². The normalized spacial score (nSPS) is 20.8. The van der Waals surface area contributed by atoms with Gasteiger partial charge in [0.15, 0.2) is 6.29 Å². The van der Waals surface area contributed by atoms with Gasteiger partial charge in [0.25, 0.3) is 0 Å². The molecule has 14 heteroatoms. The van der Waals surface area contributed by atoms with Crippen LogP contribution in [0, 0.1) is 0 Å². The SMILES string of the molecule is CCCCCCCCCCCCCCCCC/C=C/CC/C=C/C(O)C(COC1OC(CO)C(O)C(OS(=O)(=O)O)C1O)NC(=O)C(O)CCCCCCCCCCCCCCCCC. The van der Waals surface area contributed by atoms with Gasteiger partial charge in [-0.15, -0.1) is 0 Å². The Bertz CT molecular complexity index is 1270. The van der Waals surface area contributed by atoms with Crippen molar-refractivity contribution >= 4 is 16.3 Å². The Morgan fingerprint density at radius 1 is 0.615 bits per heavy atom. The van der Waals surface area contributed by atoms with Crippen LogP contribution in [0.25, 0.3) is 0 Å². The van der Waals surface area contributed by atoms with Crippen LogP contribution in [0.3, 0.4) is 0 Å². The minimum Gasteiger partial charge on any atom is -0.394 e. The maximum Gasteiger partial charge on any atom is 0.397 e. The number of aliphatic hydroxyl groups is 5. The van der Waals surface area contributed by atoms with E-state index in [1.165, 1.54) is 167 Å². The van der Waals surface area contributed by atoms with Crippen LogP contribution >= 0.6 is 0 Å². The van der Waals surface area contributed by atoms with Gasteiger partial charge in [-0.25, -0.2) is 4.18 Å². The van der Waals surface area contributed by atoms with Gasteiger partial charge < -0.3 is 40.3 Å². The molecule has 65 heavy (non-hydrogen) atoms. The van der Waals surface area contributed by atoms with Gasteiger partial charge in [0, 0.05) is 0 Å². The molecule has 13 nitrogen and oxygen atoms in total. The molecule has 1 rings (SSSR count). The Labute approximate surface area is 395 Å². The van der Waals surface area contributed by atoms with E-state index in [1.807, 2.05) is 0 Å². The zero-order chi connectivity index (χ0) is 47.8. The third-order valence-corrected chi connectivity index (χ3v) is 13.1. The fourth-order valence-corrected chi connectivity index (χ4v) is 8.93. The van der Waals surface area contributed by atoms with Gasteiger partial charge in [0.05, 0.1) is 25.4 Å². The third-order valence-electron chi connectivity index (χ3n) is 12.6. The first-order valence-electron chi connectivity index (χ1n) is 26.3. The van der Waals surface area contributed by atoms with Gasteiger partial charge in [-0.2, -0.15) is 8.42 Å². The van der Waals surface area contributed by atoms with Crippen molar-refractivity contribution in [3.63, 3.8) is 0 Å². The van der Waals surface area contributed by atoms with Crippen molar-refractivity contribution in [2.45, 2.75) is 281 Å².